The van der Waals surface area contributed by atoms with Gasteiger partial charge in [0.2, 0.25) is 10.0 Å². The number of aryl methyl sites for hydroxylation is 1. The molecule has 1 rings (SSSR count). The van der Waals surface area contributed by atoms with Crippen molar-refractivity contribution < 1.29 is 13.2 Å². The first kappa shape index (κ1) is 22.4. The van der Waals surface area contributed by atoms with Crippen molar-refractivity contribution in [3.8, 4) is 0 Å². The van der Waals surface area contributed by atoms with Crippen LogP contribution in [0.15, 0.2) is 18.2 Å². The van der Waals surface area contributed by atoms with Crippen molar-refractivity contribution in [3.05, 3.63) is 33.8 Å². The minimum Gasteiger partial charge on any atom is -0.300 e. The van der Waals surface area contributed by atoms with E-state index in [1.807, 2.05) is 12.1 Å². The summed E-state index contributed by atoms with van der Waals surface area (Å²) in [7, 11) is -3.21. The molecule has 0 atom stereocenters. The quantitative estimate of drug-likeness (QED) is 0.470. The highest BCUT2D eigenvalue weighted by atomic mass is 35.5. The largest absolute Gasteiger partial charge is 0.300 e. The number of nitrogens with zero attached hydrogens (tertiary/aromatic N) is 1. The maximum absolute atomic E-state index is 11.9. The molecule has 0 heterocycles. The van der Waals surface area contributed by atoms with Crippen LogP contribution >= 0.6 is 23.2 Å². The van der Waals surface area contributed by atoms with Gasteiger partial charge in [-0.05, 0) is 56.4 Å². The second-order valence-electron chi connectivity index (χ2n) is 6.41. The van der Waals surface area contributed by atoms with Crippen LogP contribution in [0.3, 0.4) is 0 Å². The molecular weight excluding hydrogens is 381 g/mol. The molecule has 0 aliphatic carbocycles. The number of hydrogen-bond acceptors (Lipinski definition) is 3. The van der Waals surface area contributed by atoms with E-state index in [4.69, 9.17) is 23.2 Å². The van der Waals surface area contributed by atoms with Crippen LogP contribution in [0.1, 0.15) is 51.0 Å². The Bertz CT molecular complexity index is 642. The molecule has 0 aliphatic rings. The molecular formula is C18H27Cl2NO3S. The predicted octanol–water partition coefficient (Wildman–Crippen LogP) is 4.73. The maximum Gasteiger partial charge on any atom is 0.211 e. The molecule has 25 heavy (non-hydrogen) atoms. The highest BCUT2D eigenvalue weighted by Gasteiger charge is 2.15. The van der Waals surface area contributed by atoms with Crippen LogP contribution in [0, 0.1) is 0 Å². The van der Waals surface area contributed by atoms with Crippen molar-refractivity contribution in [1.82, 2.24) is 4.31 Å². The molecule has 0 fully saturated rings. The molecule has 0 unspecified atom stereocenters. The van der Waals surface area contributed by atoms with Crippen molar-refractivity contribution in [2.45, 2.75) is 51.9 Å². The van der Waals surface area contributed by atoms with E-state index in [1.165, 1.54) is 10.6 Å². The third-order valence-electron chi connectivity index (χ3n) is 3.95. The monoisotopic (exact) mass is 407 g/mol. The maximum atomic E-state index is 11.9. The highest BCUT2D eigenvalue weighted by molar-refractivity contribution is 7.88. The molecule has 142 valence electrons. The molecule has 0 amide bonds. The number of rotatable bonds is 12. The van der Waals surface area contributed by atoms with E-state index < -0.39 is 10.0 Å². The van der Waals surface area contributed by atoms with Gasteiger partial charge < -0.3 is 4.79 Å². The van der Waals surface area contributed by atoms with Crippen LogP contribution in [-0.2, 0) is 21.2 Å². The smallest absolute Gasteiger partial charge is 0.211 e. The van der Waals surface area contributed by atoms with Gasteiger partial charge in [-0.1, -0.05) is 36.0 Å². The van der Waals surface area contributed by atoms with Crippen molar-refractivity contribution in [1.29, 1.82) is 0 Å². The fraction of sp³-hybridized carbons (Fsp3) is 0.611. The Morgan fingerprint density at radius 3 is 2.08 bits per heavy atom. The van der Waals surface area contributed by atoms with E-state index in [1.54, 1.807) is 13.0 Å². The second-order valence-corrected chi connectivity index (χ2v) is 9.26. The summed E-state index contributed by atoms with van der Waals surface area (Å²) in [6, 6.07) is 5.39. The minimum atomic E-state index is -3.21. The summed E-state index contributed by atoms with van der Waals surface area (Å²) >= 11 is 12.0. The third kappa shape index (κ3) is 10.2. The van der Waals surface area contributed by atoms with Gasteiger partial charge in [0.15, 0.2) is 0 Å². The van der Waals surface area contributed by atoms with E-state index in [0.717, 1.165) is 37.7 Å². The molecule has 0 aromatic heterocycles. The van der Waals surface area contributed by atoms with E-state index in [0.29, 0.717) is 36.0 Å². The van der Waals surface area contributed by atoms with Crippen LogP contribution in [-0.4, -0.2) is 37.9 Å². The molecule has 0 aliphatic heterocycles. The average molecular weight is 408 g/mol. The molecule has 0 saturated heterocycles. The second kappa shape index (κ2) is 11.2. The number of Topliss-reactive ketones (excluding diaryl/α,β-unsaturated/α-hetero) is 1. The highest BCUT2D eigenvalue weighted by Crippen LogP contribution is 2.20. The molecule has 0 spiro atoms. The Labute approximate surface area is 161 Å². The average Bonchev–Trinajstić information content (AvgIpc) is 2.46. The van der Waals surface area contributed by atoms with Gasteiger partial charge >= 0.3 is 0 Å². The summed E-state index contributed by atoms with van der Waals surface area (Å²) in [5, 5.41) is 1.18. The lowest BCUT2D eigenvalue weighted by Crippen LogP contribution is -2.32. The van der Waals surface area contributed by atoms with E-state index in [2.05, 4.69) is 0 Å². The minimum absolute atomic E-state index is 0.207. The van der Waals surface area contributed by atoms with E-state index in [-0.39, 0.29) is 5.78 Å². The number of ketones is 1. The Hall–Kier alpha value is -0.620. The SMILES string of the molecule is CC(=O)CCCCCCN(CCCc1cc(Cl)cc(Cl)c1)S(C)(=O)=O. The summed E-state index contributed by atoms with van der Waals surface area (Å²) < 4.78 is 25.4. The molecule has 0 bridgehead atoms. The first-order valence-corrected chi connectivity index (χ1v) is 11.2. The number of benzene rings is 1. The summed E-state index contributed by atoms with van der Waals surface area (Å²) in [6.07, 6.45) is 6.88. The summed E-state index contributed by atoms with van der Waals surface area (Å²) in [6.45, 7) is 2.60. The number of carbonyl (C=O) groups excluding carboxylic acids is 1. The van der Waals surface area contributed by atoms with Gasteiger partial charge in [0.1, 0.15) is 5.78 Å². The van der Waals surface area contributed by atoms with Gasteiger partial charge in [-0.25, -0.2) is 12.7 Å². The predicted molar refractivity (Wildman–Crippen MR) is 105 cm³/mol. The first-order chi connectivity index (χ1) is 11.7. The van der Waals surface area contributed by atoms with E-state index >= 15 is 0 Å². The van der Waals surface area contributed by atoms with Crippen molar-refractivity contribution in [2.24, 2.45) is 0 Å². The Morgan fingerprint density at radius 2 is 1.52 bits per heavy atom. The topological polar surface area (TPSA) is 54.5 Å². The summed E-state index contributed by atoms with van der Waals surface area (Å²) in [4.78, 5) is 10.9. The van der Waals surface area contributed by atoms with Crippen LogP contribution < -0.4 is 0 Å². The number of sulfonamides is 1. The Balaban J connectivity index is 2.39. The Morgan fingerprint density at radius 1 is 0.960 bits per heavy atom. The lowest BCUT2D eigenvalue weighted by Gasteiger charge is -2.20. The zero-order chi connectivity index (χ0) is 18.9. The molecule has 0 saturated carbocycles. The standard InChI is InChI=1S/C18H27Cl2NO3S/c1-15(22)8-5-3-4-6-10-21(25(2,23)24)11-7-9-16-12-17(19)14-18(20)13-16/h12-14H,3-11H2,1-2H3. The zero-order valence-electron chi connectivity index (χ0n) is 14.9. The lowest BCUT2D eigenvalue weighted by molar-refractivity contribution is -0.117. The van der Waals surface area contributed by atoms with Gasteiger partial charge in [-0.3, -0.25) is 0 Å². The number of carbonyl (C=O) groups is 1. The lowest BCUT2D eigenvalue weighted by atomic mass is 10.1. The number of halogens is 2. The molecule has 1 aromatic rings. The number of unbranched alkanes of at least 4 members (excludes halogenated alkanes) is 3. The van der Waals surface area contributed by atoms with Gasteiger partial charge in [0.25, 0.3) is 0 Å². The van der Waals surface area contributed by atoms with Crippen molar-refractivity contribution in [2.75, 3.05) is 19.3 Å². The molecule has 0 N–H and O–H groups in total. The summed E-state index contributed by atoms with van der Waals surface area (Å²) in [5.41, 5.74) is 1.01. The first-order valence-electron chi connectivity index (χ1n) is 8.58. The van der Waals surface area contributed by atoms with Crippen molar-refractivity contribution in [3.63, 3.8) is 0 Å². The van der Waals surface area contributed by atoms with Crippen LogP contribution in [0.4, 0.5) is 0 Å². The van der Waals surface area contributed by atoms with Crippen LogP contribution in [0.25, 0.3) is 0 Å². The van der Waals surface area contributed by atoms with Gasteiger partial charge in [-0.15, -0.1) is 0 Å². The Kier molecular flexibility index (Phi) is 10.0. The molecule has 0 radical (unpaired) electrons. The zero-order valence-corrected chi connectivity index (χ0v) is 17.3. The normalized spacial score (nSPS) is 11.9. The molecule has 7 heteroatoms. The molecule has 1 aromatic carbocycles. The molecule has 4 nitrogen and oxygen atoms in total. The fourth-order valence-corrected chi connectivity index (χ4v) is 4.17. The van der Waals surface area contributed by atoms with Crippen LogP contribution in [0.2, 0.25) is 10.0 Å². The fourth-order valence-electron chi connectivity index (χ4n) is 2.67. The van der Waals surface area contributed by atoms with Crippen molar-refractivity contribution >= 4 is 39.0 Å². The van der Waals surface area contributed by atoms with Gasteiger partial charge in [0, 0.05) is 29.6 Å². The van der Waals surface area contributed by atoms with Gasteiger partial charge in [-0.2, -0.15) is 0 Å². The third-order valence-corrected chi connectivity index (χ3v) is 5.69. The van der Waals surface area contributed by atoms with Crippen LogP contribution in [0.5, 0.6) is 0 Å². The summed E-state index contributed by atoms with van der Waals surface area (Å²) in [5.74, 6) is 0.207. The van der Waals surface area contributed by atoms with Gasteiger partial charge in [0.05, 0.1) is 6.26 Å². The van der Waals surface area contributed by atoms with E-state index in [9.17, 15) is 13.2 Å². The number of hydrogen-bond donors (Lipinski definition) is 0.